The number of likely N-dealkylation sites (tertiary alicyclic amines) is 1. The first-order valence-electron chi connectivity index (χ1n) is 11.1. The zero-order valence-electron chi connectivity index (χ0n) is 18.9. The predicted octanol–water partition coefficient (Wildman–Crippen LogP) is 2.25. The summed E-state index contributed by atoms with van der Waals surface area (Å²) in [7, 11) is 1.49. The van der Waals surface area contributed by atoms with E-state index in [9.17, 15) is 19.2 Å². The Morgan fingerprint density at radius 2 is 1.71 bits per heavy atom. The maximum Gasteiger partial charge on any atom is 0.246 e. The van der Waals surface area contributed by atoms with Gasteiger partial charge in [0.15, 0.2) is 0 Å². The second-order valence-corrected chi connectivity index (χ2v) is 8.86. The summed E-state index contributed by atoms with van der Waals surface area (Å²) in [6.07, 6.45) is -0.410. The molecule has 4 amide bonds. The van der Waals surface area contributed by atoms with E-state index in [1.807, 2.05) is 30.3 Å². The van der Waals surface area contributed by atoms with Crippen molar-refractivity contribution < 1.29 is 23.9 Å². The largest absolute Gasteiger partial charge is 0.383 e. The summed E-state index contributed by atoms with van der Waals surface area (Å²) >= 11 is 6.45. The summed E-state index contributed by atoms with van der Waals surface area (Å²) in [5, 5.41) is 0.315. The van der Waals surface area contributed by atoms with Gasteiger partial charge in [-0.15, -0.1) is 0 Å². The number of anilines is 1. The van der Waals surface area contributed by atoms with Gasteiger partial charge in [0.05, 0.1) is 18.6 Å². The zero-order valence-corrected chi connectivity index (χ0v) is 19.7. The van der Waals surface area contributed by atoms with Crippen LogP contribution in [0.1, 0.15) is 18.4 Å². The van der Waals surface area contributed by atoms with E-state index in [1.54, 1.807) is 29.2 Å². The molecule has 34 heavy (non-hydrogen) atoms. The Morgan fingerprint density at radius 3 is 2.38 bits per heavy atom. The summed E-state index contributed by atoms with van der Waals surface area (Å²) in [6, 6.07) is 16.0. The average molecular weight is 484 g/mol. The minimum Gasteiger partial charge on any atom is -0.383 e. The molecule has 0 bridgehead atoms. The monoisotopic (exact) mass is 483 g/mol. The predicted molar refractivity (Wildman–Crippen MR) is 126 cm³/mol. The molecule has 0 aliphatic carbocycles. The maximum absolute atomic E-state index is 13.6. The van der Waals surface area contributed by atoms with Crippen LogP contribution in [0.3, 0.4) is 0 Å². The highest BCUT2D eigenvalue weighted by molar-refractivity contribution is 6.32. The summed E-state index contributed by atoms with van der Waals surface area (Å²) in [5.41, 5.74) is -0.199. The number of para-hydroxylation sites is 1. The Labute approximate surface area is 203 Å². The number of halogens is 1. The fourth-order valence-corrected chi connectivity index (χ4v) is 4.96. The van der Waals surface area contributed by atoms with E-state index in [1.165, 1.54) is 12.0 Å². The SMILES string of the molecule is COCCN1C(=O)CC(CC(=O)N2CCN(c3ccccc3)C(=O)C2)(c2ccccc2Cl)C1=O. The lowest BCUT2D eigenvalue weighted by atomic mass is 9.75. The topological polar surface area (TPSA) is 87.2 Å². The third kappa shape index (κ3) is 4.43. The van der Waals surface area contributed by atoms with Gasteiger partial charge in [-0.25, -0.2) is 0 Å². The van der Waals surface area contributed by atoms with Gasteiger partial charge in [0.2, 0.25) is 23.6 Å². The number of methoxy groups -OCH3 is 1. The van der Waals surface area contributed by atoms with E-state index in [0.717, 1.165) is 10.6 Å². The number of imide groups is 1. The van der Waals surface area contributed by atoms with Crippen LogP contribution in [-0.2, 0) is 29.3 Å². The van der Waals surface area contributed by atoms with Gasteiger partial charge in [-0.05, 0) is 23.8 Å². The van der Waals surface area contributed by atoms with Crippen LogP contribution in [0.4, 0.5) is 5.69 Å². The number of nitrogens with zero attached hydrogens (tertiary/aromatic N) is 3. The van der Waals surface area contributed by atoms with Crippen molar-refractivity contribution in [3.8, 4) is 0 Å². The lowest BCUT2D eigenvalue weighted by Gasteiger charge is -2.36. The Kier molecular flexibility index (Phi) is 7.00. The first kappa shape index (κ1) is 23.9. The van der Waals surface area contributed by atoms with Gasteiger partial charge in [0.1, 0.15) is 6.54 Å². The smallest absolute Gasteiger partial charge is 0.246 e. The van der Waals surface area contributed by atoms with Crippen molar-refractivity contribution in [2.75, 3.05) is 44.8 Å². The molecule has 4 rings (SSSR count). The highest BCUT2D eigenvalue weighted by Gasteiger charge is 2.55. The number of carbonyl (C=O) groups is 4. The van der Waals surface area contributed by atoms with Crippen LogP contribution >= 0.6 is 11.6 Å². The Bertz CT molecular complexity index is 1110. The molecular weight excluding hydrogens is 458 g/mol. The molecule has 0 radical (unpaired) electrons. The van der Waals surface area contributed by atoms with E-state index in [0.29, 0.717) is 23.7 Å². The normalized spacial score (nSPS) is 20.9. The second-order valence-electron chi connectivity index (χ2n) is 8.46. The van der Waals surface area contributed by atoms with Crippen LogP contribution in [0.25, 0.3) is 0 Å². The van der Waals surface area contributed by atoms with E-state index >= 15 is 0 Å². The number of piperazine rings is 1. The summed E-state index contributed by atoms with van der Waals surface area (Å²) in [5.74, 6) is -1.41. The first-order chi connectivity index (χ1) is 16.4. The molecule has 2 saturated heterocycles. The van der Waals surface area contributed by atoms with Crippen molar-refractivity contribution in [3.05, 3.63) is 65.2 Å². The van der Waals surface area contributed by atoms with E-state index in [4.69, 9.17) is 16.3 Å². The fourth-order valence-electron chi connectivity index (χ4n) is 4.64. The summed E-state index contributed by atoms with van der Waals surface area (Å²) in [4.78, 5) is 56.8. The number of hydrogen-bond donors (Lipinski definition) is 0. The highest BCUT2D eigenvalue weighted by atomic mass is 35.5. The quantitative estimate of drug-likeness (QED) is 0.564. The number of rotatable bonds is 7. The number of amides is 4. The molecular formula is C25H26ClN3O5. The summed E-state index contributed by atoms with van der Waals surface area (Å²) < 4.78 is 5.04. The highest BCUT2D eigenvalue weighted by Crippen LogP contribution is 2.43. The van der Waals surface area contributed by atoms with Gasteiger partial charge in [-0.1, -0.05) is 48.0 Å². The van der Waals surface area contributed by atoms with Crippen molar-refractivity contribution in [1.29, 1.82) is 0 Å². The van der Waals surface area contributed by atoms with E-state index < -0.39 is 11.3 Å². The Balaban J connectivity index is 1.58. The van der Waals surface area contributed by atoms with Crippen molar-refractivity contribution in [3.63, 3.8) is 0 Å². The van der Waals surface area contributed by atoms with Crippen molar-refractivity contribution in [1.82, 2.24) is 9.80 Å². The van der Waals surface area contributed by atoms with Gasteiger partial charge in [0, 0.05) is 43.8 Å². The molecule has 0 saturated carbocycles. The van der Waals surface area contributed by atoms with Gasteiger partial charge in [0.25, 0.3) is 0 Å². The molecule has 2 aliphatic rings. The van der Waals surface area contributed by atoms with Crippen molar-refractivity contribution >= 4 is 40.9 Å². The molecule has 2 aromatic rings. The Morgan fingerprint density at radius 1 is 1.00 bits per heavy atom. The van der Waals surface area contributed by atoms with Gasteiger partial charge >= 0.3 is 0 Å². The minimum absolute atomic E-state index is 0.0954. The van der Waals surface area contributed by atoms with E-state index in [-0.39, 0.29) is 50.3 Å². The van der Waals surface area contributed by atoms with Crippen LogP contribution in [0.2, 0.25) is 5.02 Å². The van der Waals surface area contributed by atoms with Gasteiger partial charge < -0.3 is 14.5 Å². The van der Waals surface area contributed by atoms with Crippen LogP contribution in [0.5, 0.6) is 0 Å². The molecule has 8 nitrogen and oxygen atoms in total. The average Bonchev–Trinajstić information content (AvgIpc) is 3.07. The van der Waals surface area contributed by atoms with Crippen LogP contribution in [0, 0.1) is 0 Å². The molecule has 178 valence electrons. The Hall–Kier alpha value is -3.23. The molecule has 0 spiro atoms. The molecule has 2 aromatic carbocycles. The standard InChI is InChI=1S/C25H26ClN3O5/c1-34-14-13-29-22(31)16-25(24(29)33,19-9-5-6-10-20(19)26)15-21(30)27-11-12-28(23(32)17-27)18-7-3-2-4-8-18/h2-10H,11-17H2,1H3. The lowest BCUT2D eigenvalue weighted by Crippen LogP contribution is -2.54. The first-order valence-corrected chi connectivity index (χ1v) is 11.5. The van der Waals surface area contributed by atoms with Crippen LogP contribution in [-0.4, -0.2) is 73.3 Å². The molecule has 0 N–H and O–H groups in total. The van der Waals surface area contributed by atoms with Crippen molar-refractivity contribution in [2.45, 2.75) is 18.3 Å². The fraction of sp³-hybridized carbons (Fsp3) is 0.360. The molecule has 9 heteroatoms. The van der Waals surface area contributed by atoms with E-state index in [2.05, 4.69) is 0 Å². The van der Waals surface area contributed by atoms with Crippen LogP contribution in [0.15, 0.2) is 54.6 Å². The molecule has 2 aliphatic heterocycles. The third-order valence-corrected chi connectivity index (χ3v) is 6.74. The number of hydrogen-bond acceptors (Lipinski definition) is 5. The maximum atomic E-state index is 13.6. The summed E-state index contributed by atoms with van der Waals surface area (Å²) in [6.45, 7) is 0.874. The van der Waals surface area contributed by atoms with Crippen molar-refractivity contribution in [2.24, 2.45) is 0 Å². The van der Waals surface area contributed by atoms with Gasteiger partial charge in [-0.2, -0.15) is 0 Å². The van der Waals surface area contributed by atoms with Crippen LogP contribution < -0.4 is 4.90 Å². The molecule has 2 heterocycles. The molecule has 0 aromatic heterocycles. The number of carbonyl (C=O) groups excluding carboxylic acids is 4. The second kappa shape index (κ2) is 9.95. The number of benzene rings is 2. The lowest BCUT2D eigenvalue weighted by molar-refractivity contribution is -0.144. The molecule has 2 fully saturated rings. The third-order valence-electron chi connectivity index (χ3n) is 6.41. The zero-order chi connectivity index (χ0) is 24.3. The van der Waals surface area contributed by atoms with Gasteiger partial charge in [-0.3, -0.25) is 24.1 Å². The number of ether oxygens (including phenoxy) is 1. The molecule has 1 unspecified atom stereocenters. The minimum atomic E-state index is -1.42. The molecule has 1 atom stereocenters.